The molecule has 1 saturated heterocycles. The molecule has 0 aromatic carbocycles. The van der Waals surface area contributed by atoms with Gasteiger partial charge in [-0.05, 0) is 12.8 Å². The number of carbonyl (C=O) groups excluding carboxylic acids is 2. The largest absolute Gasteiger partial charge is 0.375 e. The van der Waals surface area contributed by atoms with Crippen molar-refractivity contribution in [3.63, 3.8) is 0 Å². The molecule has 2 rings (SSSR count). The highest BCUT2D eigenvalue weighted by molar-refractivity contribution is 7.13. The van der Waals surface area contributed by atoms with Gasteiger partial charge < -0.3 is 15.5 Å². The molecule has 98 valence electrons. The van der Waals surface area contributed by atoms with Crippen molar-refractivity contribution in [1.82, 2.24) is 14.8 Å². The van der Waals surface area contributed by atoms with Crippen LogP contribution in [-0.4, -0.2) is 53.3 Å². The van der Waals surface area contributed by atoms with Crippen LogP contribution in [0.15, 0.2) is 5.38 Å². The van der Waals surface area contributed by atoms with E-state index in [-0.39, 0.29) is 18.4 Å². The summed E-state index contributed by atoms with van der Waals surface area (Å²) in [7, 11) is 1.60. The number of likely N-dealkylation sites (tertiary alicyclic amines) is 1. The lowest BCUT2D eigenvalue weighted by Gasteiger charge is -2.20. The number of carbonyl (C=O) groups is 2. The number of rotatable bonds is 3. The van der Waals surface area contributed by atoms with E-state index in [4.69, 9.17) is 5.73 Å². The summed E-state index contributed by atoms with van der Waals surface area (Å²) in [6.45, 7) is 1.69. The van der Waals surface area contributed by atoms with E-state index in [1.165, 1.54) is 16.2 Å². The predicted octanol–water partition coefficient (Wildman–Crippen LogP) is 0.420. The number of thiazole rings is 1. The van der Waals surface area contributed by atoms with Crippen LogP contribution in [0, 0.1) is 0 Å². The molecule has 7 heteroatoms. The Kier molecular flexibility index (Phi) is 3.81. The highest BCUT2D eigenvalue weighted by atomic mass is 32.1. The molecule has 1 aliphatic heterocycles. The normalized spacial score (nSPS) is 14.8. The Bertz CT molecular complexity index is 454. The van der Waals surface area contributed by atoms with Crippen molar-refractivity contribution in [3.8, 4) is 0 Å². The van der Waals surface area contributed by atoms with Gasteiger partial charge in [0.25, 0.3) is 5.91 Å². The number of hydrogen-bond donors (Lipinski definition) is 1. The predicted molar refractivity (Wildman–Crippen MR) is 69.3 cm³/mol. The van der Waals surface area contributed by atoms with Gasteiger partial charge in [0.1, 0.15) is 5.69 Å². The second-order valence-electron chi connectivity index (χ2n) is 4.32. The molecule has 1 fully saturated rings. The summed E-state index contributed by atoms with van der Waals surface area (Å²) >= 11 is 1.22. The first-order valence-electron chi connectivity index (χ1n) is 5.82. The summed E-state index contributed by atoms with van der Waals surface area (Å²) in [5.74, 6) is -0.276. The Morgan fingerprint density at radius 1 is 1.50 bits per heavy atom. The zero-order chi connectivity index (χ0) is 13.1. The maximum absolute atomic E-state index is 12.0. The van der Waals surface area contributed by atoms with E-state index in [0.29, 0.717) is 10.8 Å². The molecule has 0 spiro atoms. The summed E-state index contributed by atoms with van der Waals surface area (Å²) in [6, 6.07) is 0. The quantitative estimate of drug-likeness (QED) is 0.861. The first-order valence-corrected chi connectivity index (χ1v) is 6.70. The molecule has 0 aliphatic carbocycles. The van der Waals surface area contributed by atoms with Gasteiger partial charge in [0.15, 0.2) is 5.13 Å². The number of nitrogen functional groups attached to an aromatic ring is 1. The van der Waals surface area contributed by atoms with E-state index in [1.54, 1.807) is 17.3 Å². The van der Waals surface area contributed by atoms with Crippen molar-refractivity contribution >= 4 is 28.3 Å². The second-order valence-corrected chi connectivity index (χ2v) is 5.21. The van der Waals surface area contributed by atoms with Gasteiger partial charge in [-0.15, -0.1) is 11.3 Å². The molecule has 0 unspecified atom stereocenters. The molecule has 1 aromatic rings. The Morgan fingerprint density at radius 2 is 2.17 bits per heavy atom. The van der Waals surface area contributed by atoms with Crippen LogP contribution in [-0.2, 0) is 4.79 Å². The van der Waals surface area contributed by atoms with Crippen molar-refractivity contribution < 1.29 is 9.59 Å². The zero-order valence-corrected chi connectivity index (χ0v) is 11.1. The molecular formula is C11H16N4O2S. The van der Waals surface area contributed by atoms with Gasteiger partial charge in [0, 0.05) is 25.5 Å². The standard InChI is InChI=1S/C11H16N4O2S/c1-14(6-9(16)15-4-2-3-5-15)10(17)8-7-18-11(12)13-8/h7H,2-6H2,1H3,(H2,12,13). The minimum absolute atomic E-state index is 0.00782. The monoisotopic (exact) mass is 268 g/mol. The SMILES string of the molecule is CN(CC(=O)N1CCCC1)C(=O)c1csc(N)n1. The summed E-state index contributed by atoms with van der Waals surface area (Å²) < 4.78 is 0. The minimum atomic E-state index is -0.268. The molecule has 0 radical (unpaired) electrons. The highest BCUT2D eigenvalue weighted by Gasteiger charge is 2.22. The van der Waals surface area contributed by atoms with Crippen LogP contribution < -0.4 is 5.73 Å². The smallest absolute Gasteiger partial charge is 0.273 e. The zero-order valence-electron chi connectivity index (χ0n) is 10.3. The van der Waals surface area contributed by atoms with Crippen molar-refractivity contribution in [3.05, 3.63) is 11.1 Å². The summed E-state index contributed by atoms with van der Waals surface area (Å²) in [6.07, 6.45) is 2.10. The maximum atomic E-state index is 12.0. The topological polar surface area (TPSA) is 79.5 Å². The molecule has 18 heavy (non-hydrogen) atoms. The van der Waals surface area contributed by atoms with Gasteiger partial charge in [-0.3, -0.25) is 9.59 Å². The van der Waals surface area contributed by atoms with Gasteiger partial charge in [0.05, 0.1) is 6.54 Å². The molecule has 0 saturated carbocycles. The van der Waals surface area contributed by atoms with E-state index in [9.17, 15) is 9.59 Å². The summed E-state index contributed by atoms with van der Waals surface area (Å²) in [5.41, 5.74) is 5.78. The fraction of sp³-hybridized carbons (Fsp3) is 0.545. The summed E-state index contributed by atoms with van der Waals surface area (Å²) in [5, 5.41) is 1.96. The van der Waals surface area contributed by atoms with Crippen LogP contribution in [0.4, 0.5) is 5.13 Å². The van der Waals surface area contributed by atoms with Gasteiger partial charge in [-0.2, -0.15) is 0 Å². The average molecular weight is 268 g/mol. The van der Waals surface area contributed by atoms with Gasteiger partial charge >= 0.3 is 0 Å². The number of nitrogens with two attached hydrogens (primary N) is 1. The molecule has 1 aliphatic rings. The Morgan fingerprint density at radius 3 is 2.72 bits per heavy atom. The van der Waals surface area contributed by atoms with Gasteiger partial charge in [-0.25, -0.2) is 4.98 Å². The van der Waals surface area contributed by atoms with Crippen LogP contribution in [0.5, 0.6) is 0 Å². The molecular weight excluding hydrogens is 252 g/mol. The highest BCUT2D eigenvalue weighted by Crippen LogP contribution is 2.13. The fourth-order valence-corrected chi connectivity index (χ4v) is 2.46. The average Bonchev–Trinajstić information content (AvgIpc) is 2.98. The molecule has 6 nitrogen and oxygen atoms in total. The third-order valence-corrected chi connectivity index (χ3v) is 3.59. The summed E-state index contributed by atoms with van der Waals surface area (Å²) in [4.78, 5) is 30.9. The number of amides is 2. The maximum Gasteiger partial charge on any atom is 0.273 e. The molecule has 2 heterocycles. The lowest BCUT2D eigenvalue weighted by atomic mass is 10.4. The van der Waals surface area contributed by atoms with Crippen LogP contribution >= 0.6 is 11.3 Å². The number of likely N-dealkylation sites (N-methyl/N-ethyl adjacent to an activating group) is 1. The van der Waals surface area contributed by atoms with Crippen molar-refractivity contribution in [1.29, 1.82) is 0 Å². The number of hydrogen-bond acceptors (Lipinski definition) is 5. The molecule has 0 bridgehead atoms. The van der Waals surface area contributed by atoms with Gasteiger partial charge in [-0.1, -0.05) is 0 Å². The third kappa shape index (κ3) is 2.79. The van der Waals surface area contributed by atoms with E-state index in [1.807, 2.05) is 0 Å². The first-order chi connectivity index (χ1) is 8.58. The van der Waals surface area contributed by atoms with Crippen LogP contribution in [0.25, 0.3) is 0 Å². The van der Waals surface area contributed by atoms with E-state index in [2.05, 4.69) is 4.98 Å². The van der Waals surface area contributed by atoms with E-state index in [0.717, 1.165) is 25.9 Å². The Labute approximate surface area is 109 Å². The molecule has 1 aromatic heterocycles. The number of nitrogens with zero attached hydrogens (tertiary/aromatic N) is 3. The first kappa shape index (κ1) is 12.8. The van der Waals surface area contributed by atoms with E-state index >= 15 is 0 Å². The van der Waals surface area contributed by atoms with Crippen LogP contribution in [0.1, 0.15) is 23.3 Å². The molecule has 2 amide bonds. The molecule has 0 atom stereocenters. The minimum Gasteiger partial charge on any atom is -0.375 e. The Balaban J connectivity index is 1.92. The van der Waals surface area contributed by atoms with Gasteiger partial charge in [0.2, 0.25) is 5.91 Å². The third-order valence-electron chi connectivity index (χ3n) is 2.92. The van der Waals surface area contributed by atoms with Crippen LogP contribution in [0.3, 0.4) is 0 Å². The second kappa shape index (κ2) is 5.34. The van der Waals surface area contributed by atoms with Crippen molar-refractivity contribution in [2.24, 2.45) is 0 Å². The fourth-order valence-electron chi connectivity index (χ4n) is 1.92. The Hall–Kier alpha value is -1.63. The van der Waals surface area contributed by atoms with E-state index < -0.39 is 0 Å². The molecule has 2 N–H and O–H groups in total. The van der Waals surface area contributed by atoms with Crippen LogP contribution in [0.2, 0.25) is 0 Å². The lowest BCUT2D eigenvalue weighted by molar-refractivity contribution is -0.130. The van der Waals surface area contributed by atoms with Crippen molar-refractivity contribution in [2.45, 2.75) is 12.8 Å². The van der Waals surface area contributed by atoms with Crippen molar-refractivity contribution in [2.75, 3.05) is 32.4 Å². The lowest BCUT2D eigenvalue weighted by Crippen LogP contribution is -2.39. The number of anilines is 1. The number of aromatic nitrogens is 1.